The molecule has 0 unspecified atom stereocenters. The van der Waals surface area contributed by atoms with Crippen LogP contribution in [-0.4, -0.2) is 54.4 Å². The van der Waals surface area contributed by atoms with E-state index in [0.717, 1.165) is 5.69 Å². The molecule has 4 fully saturated rings. The average Bonchev–Trinajstić information content (AvgIpc) is 3.33. The molecular weight excluding hydrogens is 396 g/mol. The van der Waals surface area contributed by atoms with E-state index in [-0.39, 0.29) is 29.6 Å². The van der Waals surface area contributed by atoms with Crippen molar-refractivity contribution in [1.29, 1.82) is 0 Å². The molecular formula is C18H24N6O4S. The molecule has 1 aromatic carbocycles. The van der Waals surface area contributed by atoms with Crippen LogP contribution in [0.4, 0.5) is 15.3 Å². The Bertz CT molecular complexity index is 944. The molecule has 4 aliphatic rings. The lowest BCUT2D eigenvalue weighted by Gasteiger charge is -2.42. The lowest BCUT2D eigenvalue weighted by Crippen LogP contribution is -2.62. The first kappa shape index (κ1) is 18.6. The molecule has 11 heteroatoms. The number of carbonyl (C=O) groups excluding carboxylic acids is 2. The van der Waals surface area contributed by atoms with E-state index in [0.29, 0.717) is 32.1 Å². The van der Waals surface area contributed by atoms with Gasteiger partial charge in [0.1, 0.15) is 11.3 Å². The van der Waals surface area contributed by atoms with Crippen LogP contribution in [0.2, 0.25) is 0 Å². The highest BCUT2D eigenvalue weighted by Crippen LogP contribution is 2.37. The summed E-state index contributed by atoms with van der Waals surface area (Å²) in [4.78, 5) is 25.0. The lowest BCUT2D eigenvalue weighted by molar-refractivity contribution is 0.0917. The van der Waals surface area contributed by atoms with Crippen molar-refractivity contribution in [1.82, 2.24) is 26.5 Å². The Kier molecular flexibility index (Phi) is 4.06. The molecule has 29 heavy (non-hydrogen) atoms. The molecule has 4 amide bonds. The van der Waals surface area contributed by atoms with Gasteiger partial charge in [-0.2, -0.15) is 0 Å². The molecule has 1 aromatic rings. The van der Waals surface area contributed by atoms with Gasteiger partial charge in [0.2, 0.25) is 0 Å². The molecule has 5 rings (SSSR count). The first-order chi connectivity index (χ1) is 13.8. The minimum atomic E-state index is -3.08. The maximum atomic E-state index is 12.5. The molecule has 3 saturated heterocycles. The van der Waals surface area contributed by atoms with Crippen molar-refractivity contribution in [2.24, 2.45) is 0 Å². The van der Waals surface area contributed by atoms with Gasteiger partial charge >= 0.3 is 12.1 Å². The molecule has 0 radical (unpaired) electrons. The number of anilines is 1. The fourth-order valence-corrected chi connectivity index (χ4v) is 6.40. The van der Waals surface area contributed by atoms with Gasteiger partial charge in [-0.1, -0.05) is 18.2 Å². The Morgan fingerprint density at radius 3 is 2.14 bits per heavy atom. The van der Waals surface area contributed by atoms with Crippen molar-refractivity contribution >= 4 is 27.6 Å². The van der Waals surface area contributed by atoms with Gasteiger partial charge in [0, 0.05) is 0 Å². The van der Waals surface area contributed by atoms with Gasteiger partial charge < -0.3 is 10.6 Å². The van der Waals surface area contributed by atoms with Gasteiger partial charge in [-0.25, -0.2) is 33.9 Å². The van der Waals surface area contributed by atoms with Gasteiger partial charge in [0.15, 0.2) is 9.84 Å². The predicted molar refractivity (Wildman–Crippen MR) is 105 cm³/mol. The summed E-state index contributed by atoms with van der Waals surface area (Å²) >= 11 is 0. The Morgan fingerprint density at radius 2 is 1.52 bits per heavy atom. The van der Waals surface area contributed by atoms with Gasteiger partial charge in [-0.15, -0.1) is 0 Å². The predicted octanol–water partition coefficient (Wildman–Crippen LogP) is 0.404. The van der Waals surface area contributed by atoms with Crippen LogP contribution in [0, 0.1) is 0 Å². The van der Waals surface area contributed by atoms with Crippen molar-refractivity contribution in [2.45, 2.75) is 49.5 Å². The van der Waals surface area contributed by atoms with Crippen molar-refractivity contribution < 1.29 is 18.0 Å². The van der Waals surface area contributed by atoms with E-state index < -0.39 is 21.2 Å². The molecule has 1 atom stereocenters. The number of hydrazine groups is 2. The van der Waals surface area contributed by atoms with E-state index in [2.05, 4.69) is 21.5 Å². The number of nitrogens with one attached hydrogen (secondary N) is 4. The second kappa shape index (κ2) is 6.31. The van der Waals surface area contributed by atoms with Crippen molar-refractivity contribution in [2.75, 3.05) is 16.5 Å². The number of amides is 4. The van der Waals surface area contributed by atoms with Gasteiger partial charge in [0.05, 0.1) is 23.2 Å². The highest BCUT2D eigenvalue weighted by molar-refractivity contribution is 7.91. The Labute approximate surface area is 168 Å². The van der Waals surface area contributed by atoms with E-state index in [1.165, 1.54) is 10.0 Å². The van der Waals surface area contributed by atoms with E-state index >= 15 is 0 Å². The van der Waals surface area contributed by atoms with E-state index in [9.17, 15) is 18.0 Å². The Balaban J connectivity index is 1.26. The molecule has 0 bridgehead atoms. The molecule has 0 aromatic heterocycles. The van der Waals surface area contributed by atoms with Crippen LogP contribution < -0.4 is 26.5 Å². The van der Waals surface area contributed by atoms with Crippen LogP contribution in [0.3, 0.4) is 0 Å². The SMILES string of the molecule is O=C1NC2(CCC3(CC2)NC(=O)N([C@@H]2CCS(=O)(=O)C2)N3)NN1c1ccccc1. The summed E-state index contributed by atoms with van der Waals surface area (Å²) in [6.07, 6.45) is 2.89. The number of carbonyl (C=O) groups is 2. The summed E-state index contributed by atoms with van der Waals surface area (Å²) in [5.41, 5.74) is 6.15. The Hall–Kier alpha value is -2.37. The zero-order valence-corrected chi connectivity index (χ0v) is 16.7. The largest absolute Gasteiger partial charge is 0.338 e. The summed E-state index contributed by atoms with van der Waals surface area (Å²) in [5.74, 6) is 0.113. The fourth-order valence-electron chi connectivity index (χ4n) is 4.70. The van der Waals surface area contributed by atoms with E-state index in [4.69, 9.17) is 0 Å². The van der Waals surface area contributed by atoms with Crippen molar-refractivity contribution in [3.05, 3.63) is 30.3 Å². The number of hydrogen-bond donors (Lipinski definition) is 4. The second-order valence-corrected chi connectivity index (χ2v) is 10.6. The highest BCUT2D eigenvalue weighted by Gasteiger charge is 2.54. The van der Waals surface area contributed by atoms with Crippen LogP contribution in [-0.2, 0) is 9.84 Å². The Morgan fingerprint density at radius 1 is 0.897 bits per heavy atom. The van der Waals surface area contributed by atoms with E-state index in [1.54, 1.807) is 0 Å². The van der Waals surface area contributed by atoms with Crippen LogP contribution >= 0.6 is 0 Å². The highest BCUT2D eigenvalue weighted by atomic mass is 32.2. The minimum Gasteiger partial charge on any atom is -0.317 e. The molecule has 156 valence electrons. The summed E-state index contributed by atoms with van der Waals surface area (Å²) in [6.45, 7) is 0. The summed E-state index contributed by atoms with van der Waals surface area (Å²) in [5, 5.41) is 9.05. The maximum absolute atomic E-state index is 12.5. The number of sulfone groups is 1. The number of rotatable bonds is 2. The first-order valence-electron chi connectivity index (χ1n) is 9.84. The number of benzene rings is 1. The lowest BCUT2D eigenvalue weighted by atomic mass is 9.82. The third-order valence-electron chi connectivity index (χ3n) is 6.32. The third kappa shape index (κ3) is 3.22. The van der Waals surface area contributed by atoms with Crippen molar-refractivity contribution in [3.8, 4) is 0 Å². The number of nitrogens with zero attached hydrogens (tertiary/aromatic N) is 2. The molecule has 1 saturated carbocycles. The van der Waals surface area contributed by atoms with Crippen LogP contribution in [0.25, 0.3) is 0 Å². The summed E-state index contributed by atoms with van der Waals surface area (Å²) < 4.78 is 23.6. The van der Waals surface area contributed by atoms with Crippen LogP contribution in [0.5, 0.6) is 0 Å². The first-order valence-corrected chi connectivity index (χ1v) is 11.7. The fraction of sp³-hybridized carbons (Fsp3) is 0.556. The molecule has 3 aliphatic heterocycles. The number of urea groups is 2. The molecule has 4 N–H and O–H groups in total. The van der Waals surface area contributed by atoms with Gasteiger partial charge in [0.25, 0.3) is 0 Å². The molecule has 3 heterocycles. The molecule has 2 spiro atoms. The zero-order chi connectivity index (χ0) is 20.3. The zero-order valence-electron chi connectivity index (χ0n) is 15.8. The topological polar surface area (TPSA) is 123 Å². The third-order valence-corrected chi connectivity index (χ3v) is 8.07. The minimum absolute atomic E-state index is 0.00289. The monoisotopic (exact) mass is 420 g/mol. The van der Waals surface area contributed by atoms with Gasteiger partial charge in [-0.05, 0) is 44.2 Å². The molecule has 10 nitrogen and oxygen atoms in total. The summed E-state index contributed by atoms with van der Waals surface area (Å²) in [7, 11) is -3.08. The average molecular weight is 420 g/mol. The van der Waals surface area contributed by atoms with Crippen LogP contribution in [0.1, 0.15) is 32.1 Å². The number of para-hydroxylation sites is 1. The smallest absolute Gasteiger partial charge is 0.317 e. The number of hydrogen-bond acceptors (Lipinski definition) is 6. The molecule has 1 aliphatic carbocycles. The summed E-state index contributed by atoms with van der Waals surface area (Å²) in [6, 6.07) is 8.55. The normalized spacial score (nSPS) is 36.1. The standard InChI is InChI=1S/C18H24N6O4S/c25-15-19-17(21-23(15)13-4-2-1-3-5-13)7-9-18(10-8-17)20-16(26)24(22-18)14-6-11-29(27,28)12-14/h1-5,14,21-22H,6-12H2,(H,19,25)(H,20,26)/t14-,17?,18?/m1/s1. The van der Waals surface area contributed by atoms with Crippen LogP contribution in [0.15, 0.2) is 30.3 Å². The van der Waals surface area contributed by atoms with Crippen molar-refractivity contribution in [3.63, 3.8) is 0 Å². The maximum Gasteiger partial charge on any atom is 0.338 e. The quantitative estimate of drug-likeness (QED) is 0.549. The second-order valence-electron chi connectivity index (χ2n) is 8.35. The van der Waals surface area contributed by atoms with Gasteiger partial charge in [-0.3, -0.25) is 5.01 Å². The van der Waals surface area contributed by atoms with E-state index in [1.807, 2.05) is 30.3 Å².